The van der Waals surface area contributed by atoms with Gasteiger partial charge in [-0.1, -0.05) is 17.7 Å². The lowest BCUT2D eigenvalue weighted by Gasteiger charge is -2.34. The molecular formula is C18H15ClFN5O4S2. The van der Waals surface area contributed by atoms with Crippen LogP contribution in [0, 0.1) is 5.82 Å². The van der Waals surface area contributed by atoms with Gasteiger partial charge in [-0.2, -0.15) is 17.9 Å². The lowest BCUT2D eigenvalue weighted by Crippen LogP contribution is -2.47. The molecule has 2 aromatic rings. The number of nitrogens with zero attached hydrogens (tertiary/aromatic N) is 3. The molecule has 9 nitrogen and oxygen atoms in total. The van der Waals surface area contributed by atoms with E-state index < -0.39 is 40.2 Å². The Balaban J connectivity index is 1.73. The first kappa shape index (κ1) is 20.5. The number of methoxy groups -OCH3 is 1. The number of rotatable bonds is 3. The highest BCUT2D eigenvalue weighted by Crippen LogP contribution is 2.45. The Labute approximate surface area is 185 Å². The van der Waals surface area contributed by atoms with Gasteiger partial charge in [-0.15, -0.1) is 11.3 Å². The summed E-state index contributed by atoms with van der Waals surface area (Å²) in [4.78, 5) is 23.6. The number of esters is 1. The maximum absolute atomic E-state index is 13.7. The van der Waals surface area contributed by atoms with Gasteiger partial charge in [0.05, 0.1) is 18.7 Å². The van der Waals surface area contributed by atoms with Crippen molar-refractivity contribution in [2.45, 2.75) is 24.7 Å². The summed E-state index contributed by atoms with van der Waals surface area (Å²) in [5.74, 6) is -0.756. The van der Waals surface area contributed by atoms with E-state index in [4.69, 9.17) is 21.3 Å². The molecule has 2 N–H and O–H groups in total. The molecule has 5 rings (SSSR count). The Bertz CT molecular complexity index is 1250. The van der Waals surface area contributed by atoms with Gasteiger partial charge in [0.25, 0.3) is 10.2 Å². The van der Waals surface area contributed by atoms with Crippen molar-refractivity contribution in [3.63, 3.8) is 0 Å². The summed E-state index contributed by atoms with van der Waals surface area (Å²) in [6.45, 7) is 0. The Hall–Kier alpha value is -2.38. The van der Waals surface area contributed by atoms with Crippen molar-refractivity contribution >= 4 is 45.0 Å². The fourth-order valence-corrected chi connectivity index (χ4v) is 6.25. The molecule has 1 aromatic carbocycles. The lowest BCUT2D eigenvalue weighted by molar-refractivity contribution is -0.136. The van der Waals surface area contributed by atoms with Crippen molar-refractivity contribution in [2.75, 3.05) is 7.11 Å². The molecule has 31 heavy (non-hydrogen) atoms. The number of aromatic nitrogens is 1. The highest BCUT2D eigenvalue weighted by Gasteiger charge is 2.52. The summed E-state index contributed by atoms with van der Waals surface area (Å²) in [5, 5.41) is 2.41. The molecule has 1 unspecified atom stereocenters. The van der Waals surface area contributed by atoms with Gasteiger partial charge in [-0.3, -0.25) is 4.99 Å². The third-order valence-corrected chi connectivity index (χ3v) is 7.56. The van der Waals surface area contributed by atoms with E-state index in [2.05, 4.69) is 14.4 Å². The van der Waals surface area contributed by atoms with Gasteiger partial charge in [0.15, 0.2) is 10.8 Å². The summed E-state index contributed by atoms with van der Waals surface area (Å²) in [5.41, 5.74) is 1.18. The number of hydrogen-bond acceptors (Lipinski definition) is 8. The number of aliphatic imine (C=N–C) groups is 1. The molecule has 0 spiro atoms. The number of carbonyl (C=O) groups excluding carboxylic acids is 1. The van der Waals surface area contributed by atoms with Crippen LogP contribution in [0.5, 0.6) is 0 Å². The molecule has 3 atom stereocenters. The van der Waals surface area contributed by atoms with Gasteiger partial charge in [-0.05, 0) is 12.1 Å². The Morgan fingerprint density at radius 2 is 2.19 bits per heavy atom. The summed E-state index contributed by atoms with van der Waals surface area (Å²) < 4.78 is 48.0. The van der Waals surface area contributed by atoms with Crippen LogP contribution in [0.25, 0.3) is 0 Å². The van der Waals surface area contributed by atoms with Crippen molar-refractivity contribution in [1.29, 1.82) is 0 Å². The van der Waals surface area contributed by atoms with Crippen LogP contribution >= 0.6 is 22.9 Å². The first-order valence-corrected chi connectivity index (χ1v) is 11.9. The zero-order valence-electron chi connectivity index (χ0n) is 15.9. The minimum atomic E-state index is -3.68. The predicted octanol–water partition coefficient (Wildman–Crippen LogP) is 1.70. The third-order valence-electron chi connectivity index (χ3n) is 5.30. The normalized spacial score (nSPS) is 26.5. The minimum absolute atomic E-state index is 0.111. The number of amidine groups is 1. The van der Waals surface area contributed by atoms with Gasteiger partial charge in [0.1, 0.15) is 18.0 Å². The zero-order valence-corrected chi connectivity index (χ0v) is 18.3. The highest BCUT2D eigenvalue weighted by molar-refractivity contribution is 7.87. The molecule has 0 radical (unpaired) electrons. The Kier molecular flexibility index (Phi) is 4.86. The Morgan fingerprint density at radius 3 is 2.87 bits per heavy atom. The number of halogens is 2. The van der Waals surface area contributed by atoms with Crippen LogP contribution in [-0.2, 0) is 19.7 Å². The van der Waals surface area contributed by atoms with Gasteiger partial charge in [-0.25, -0.2) is 14.2 Å². The number of hydrogen-bond donors (Lipinski definition) is 2. The van der Waals surface area contributed by atoms with Crippen LogP contribution in [0.1, 0.15) is 23.0 Å². The number of thiazole rings is 1. The van der Waals surface area contributed by atoms with Gasteiger partial charge < -0.3 is 9.64 Å². The molecule has 2 saturated heterocycles. The fraction of sp³-hybridized carbons (Fsp3) is 0.278. The highest BCUT2D eigenvalue weighted by atomic mass is 35.5. The molecule has 4 heterocycles. The lowest BCUT2D eigenvalue weighted by atomic mass is 9.94. The van der Waals surface area contributed by atoms with E-state index in [1.807, 2.05) is 0 Å². The van der Waals surface area contributed by atoms with E-state index >= 15 is 0 Å². The molecule has 0 bridgehead atoms. The second-order valence-electron chi connectivity index (χ2n) is 7.07. The molecule has 3 aliphatic rings. The van der Waals surface area contributed by atoms with Crippen LogP contribution in [0.2, 0.25) is 5.02 Å². The monoisotopic (exact) mass is 483 g/mol. The largest absolute Gasteiger partial charge is 0.466 e. The van der Waals surface area contributed by atoms with E-state index in [-0.39, 0.29) is 17.0 Å². The van der Waals surface area contributed by atoms with Crippen LogP contribution in [-0.4, -0.2) is 49.4 Å². The molecule has 162 valence electrons. The number of ether oxygens (including phenoxy) is 1. The van der Waals surface area contributed by atoms with Crippen molar-refractivity contribution in [3.05, 3.63) is 62.5 Å². The van der Waals surface area contributed by atoms with Crippen molar-refractivity contribution in [3.8, 4) is 0 Å². The first-order valence-electron chi connectivity index (χ1n) is 9.12. The summed E-state index contributed by atoms with van der Waals surface area (Å²) in [6.07, 6.45) is 1.14. The molecular weight excluding hydrogens is 469 g/mol. The van der Waals surface area contributed by atoms with Crippen LogP contribution < -0.4 is 9.44 Å². The number of nitrogens with one attached hydrogen (secondary N) is 2. The second kappa shape index (κ2) is 7.35. The quantitative estimate of drug-likeness (QED) is 0.642. The second-order valence-corrected chi connectivity index (χ2v) is 9.85. The average Bonchev–Trinajstić information content (AvgIpc) is 3.41. The van der Waals surface area contributed by atoms with Gasteiger partial charge >= 0.3 is 5.97 Å². The van der Waals surface area contributed by atoms with E-state index in [0.29, 0.717) is 22.1 Å². The predicted molar refractivity (Wildman–Crippen MR) is 111 cm³/mol. The summed E-state index contributed by atoms with van der Waals surface area (Å²) in [6, 6.07) is 2.47. The van der Waals surface area contributed by atoms with Gasteiger partial charge in [0, 0.05) is 34.3 Å². The fourth-order valence-electron chi connectivity index (χ4n) is 4.09. The van der Waals surface area contributed by atoms with E-state index in [9.17, 15) is 17.6 Å². The molecule has 0 aliphatic carbocycles. The average molecular weight is 484 g/mol. The molecule has 0 saturated carbocycles. The van der Waals surface area contributed by atoms with Crippen LogP contribution in [0.15, 0.2) is 46.0 Å². The van der Waals surface area contributed by atoms with E-state index in [1.165, 1.54) is 30.6 Å². The zero-order chi connectivity index (χ0) is 21.9. The first-order chi connectivity index (χ1) is 14.8. The summed E-state index contributed by atoms with van der Waals surface area (Å²) in [7, 11) is -2.43. The minimum Gasteiger partial charge on any atom is -0.466 e. The molecule has 13 heteroatoms. The SMILES string of the molecule is COC(=O)C1=C2C[C@@H]3NS(=O)(=O)NC3N2C(c2nccs2)=N[C@H]1c1ccc(F)cc1Cl. The number of benzene rings is 1. The number of fused-ring (bicyclic) bond motifs is 3. The van der Waals surface area contributed by atoms with E-state index in [0.717, 1.165) is 6.07 Å². The smallest absolute Gasteiger partial charge is 0.338 e. The summed E-state index contributed by atoms with van der Waals surface area (Å²) >= 11 is 7.63. The van der Waals surface area contributed by atoms with Crippen molar-refractivity contribution in [2.24, 2.45) is 4.99 Å². The number of carbonyl (C=O) groups is 1. The maximum atomic E-state index is 13.7. The van der Waals surface area contributed by atoms with Crippen molar-refractivity contribution < 1.29 is 22.3 Å². The van der Waals surface area contributed by atoms with Crippen LogP contribution in [0.4, 0.5) is 4.39 Å². The molecule has 0 amide bonds. The van der Waals surface area contributed by atoms with Crippen LogP contribution in [0.3, 0.4) is 0 Å². The van der Waals surface area contributed by atoms with Gasteiger partial charge in [0.2, 0.25) is 0 Å². The standard InChI is InChI=1S/C18H15ClFN5O4S2/c1-29-18(26)13-12-7-11-15(24-31(27,28)23-11)25(12)16(17-21-4-5-30-17)22-14(13)9-3-2-8(20)6-10(9)19/h2-6,11,14-15,23-24H,7H2,1H3/t11-,14-,15?/m0/s1. The maximum Gasteiger partial charge on any atom is 0.338 e. The Morgan fingerprint density at radius 1 is 1.39 bits per heavy atom. The molecule has 3 aliphatic heterocycles. The van der Waals surface area contributed by atoms with Crippen molar-refractivity contribution in [1.82, 2.24) is 19.3 Å². The van der Waals surface area contributed by atoms with E-state index in [1.54, 1.807) is 16.5 Å². The topological polar surface area (TPSA) is 113 Å². The third kappa shape index (κ3) is 3.34. The molecule has 2 fully saturated rings. The molecule has 1 aromatic heterocycles.